The molecule has 0 aromatic carbocycles. The van der Waals surface area contributed by atoms with Crippen molar-refractivity contribution in [3.8, 4) is 0 Å². The van der Waals surface area contributed by atoms with Crippen LogP contribution in [0.25, 0.3) is 0 Å². The molecule has 0 saturated carbocycles. The summed E-state index contributed by atoms with van der Waals surface area (Å²) in [7, 11) is 2.10. The minimum atomic E-state index is -0.530. The van der Waals surface area contributed by atoms with Crippen molar-refractivity contribution < 1.29 is 5.11 Å². The Morgan fingerprint density at radius 3 is 2.00 bits per heavy atom. The molecule has 1 unspecified atom stereocenters. The fourth-order valence-electron chi connectivity index (χ4n) is 1.69. The van der Waals surface area contributed by atoms with Gasteiger partial charge in [-0.25, -0.2) is 0 Å². The molecule has 2 nitrogen and oxygen atoms in total. The SMILES string of the molecule is CCC(CC)N(C)CC(C)(O)CC. The van der Waals surface area contributed by atoms with Crippen molar-refractivity contribution in [2.24, 2.45) is 0 Å². The van der Waals surface area contributed by atoms with Gasteiger partial charge in [-0.2, -0.15) is 0 Å². The van der Waals surface area contributed by atoms with Crippen LogP contribution < -0.4 is 0 Å². The van der Waals surface area contributed by atoms with Gasteiger partial charge in [-0.15, -0.1) is 0 Å². The number of aliphatic hydroxyl groups is 1. The standard InChI is InChI=1S/C11H25NO/c1-6-10(7-2)12(5)9-11(4,13)8-3/h10,13H,6-9H2,1-5H3. The Hall–Kier alpha value is -0.0800. The van der Waals surface area contributed by atoms with Crippen molar-refractivity contribution >= 4 is 0 Å². The summed E-state index contributed by atoms with van der Waals surface area (Å²) in [5, 5.41) is 9.89. The van der Waals surface area contributed by atoms with Gasteiger partial charge in [-0.1, -0.05) is 20.8 Å². The van der Waals surface area contributed by atoms with Crippen molar-refractivity contribution in [1.29, 1.82) is 0 Å². The van der Waals surface area contributed by atoms with Crippen LogP contribution in [0.2, 0.25) is 0 Å². The fourth-order valence-corrected chi connectivity index (χ4v) is 1.69. The van der Waals surface area contributed by atoms with Crippen LogP contribution in [0.3, 0.4) is 0 Å². The Kier molecular flexibility index (Phi) is 5.57. The first-order valence-electron chi connectivity index (χ1n) is 5.39. The zero-order valence-corrected chi connectivity index (χ0v) is 9.80. The highest BCUT2D eigenvalue weighted by Gasteiger charge is 2.22. The summed E-state index contributed by atoms with van der Waals surface area (Å²) in [6.07, 6.45) is 3.14. The van der Waals surface area contributed by atoms with Crippen LogP contribution in [0.4, 0.5) is 0 Å². The third kappa shape index (κ3) is 4.63. The lowest BCUT2D eigenvalue weighted by atomic mass is 10.0. The van der Waals surface area contributed by atoms with Crippen LogP contribution in [0.15, 0.2) is 0 Å². The lowest BCUT2D eigenvalue weighted by Crippen LogP contribution is -2.43. The normalized spacial score (nSPS) is 16.6. The van der Waals surface area contributed by atoms with E-state index in [1.54, 1.807) is 0 Å². The van der Waals surface area contributed by atoms with Crippen LogP contribution in [0.5, 0.6) is 0 Å². The van der Waals surface area contributed by atoms with Crippen LogP contribution in [0.1, 0.15) is 47.0 Å². The van der Waals surface area contributed by atoms with Gasteiger partial charge in [0.1, 0.15) is 0 Å². The molecule has 0 heterocycles. The van der Waals surface area contributed by atoms with E-state index in [0.717, 1.165) is 25.8 Å². The molecule has 0 rings (SSSR count). The molecule has 1 atom stereocenters. The lowest BCUT2D eigenvalue weighted by Gasteiger charge is -2.33. The third-order valence-corrected chi connectivity index (χ3v) is 2.92. The largest absolute Gasteiger partial charge is 0.389 e. The van der Waals surface area contributed by atoms with Crippen LogP contribution in [-0.4, -0.2) is 35.2 Å². The molecule has 0 radical (unpaired) electrons. The molecule has 1 N–H and O–H groups in total. The fraction of sp³-hybridized carbons (Fsp3) is 1.00. The van der Waals surface area contributed by atoms with E-state index in [0.29, 0.717) is 6.04 Å². The highest BCUT2D eigenvalue weighted by molar-refractivity contribution is 4.77. The molecule has 0 fully saturated rings. The monoisotopic (exact) mass is 187 g/mol. The second-order valence-corrected chi connectivity index (χ2v) is 4.24. The summed E-state index contributed by atoms with van der Waals surface area (Å²) in [5.41, 5.74) is -0.530. The summed E-state index contributed by atoms with van der Waals surface area (Å²) in [5.74, 6) is 0. The van der Waals surface area contributed by atoms with Crippen LogP contribution in [-0.2, 0) is 0 Å². The van der Waals surface area contributed by atoms with Crippen molar-refractivity contribution in [3.05, 3.63) is 0 Å². The van der Waals surface area contributed by atoms with Gasteiger partial charge in [-0.05, 0) is 33.2 Å². The summed E-state index contributed by atoms with van der Waals surface area (Å²) >= 11 is 0. The van der Waals surface area contributed by atoms with Gasteiger partial charge in [0.2, 0.25) is 0 Å². The maximum absolute atomic E-state index is 9.89. The predicted molar refractivity (Wildman–Crippen MR) is 57.9 cm³/mol. The lowest BCUT2D eigenvalue weighted by molar-refractivity contribution is 0.0111. The molecule has 0 aliphatic carbocycles. The number of nitrogens with zero attached hydrogens (tertiary/aromatic N) is 1. The average Bonchev–Trinajstić information content (AvgIpc) is 2.06. The smallest absolute Gasteiger partial charge is 0.0743 e. The van der Waals surface area contributed by atoms with Gasteiger partial charge in [0.25, 0.3) is 0 Å². The molecule has 0 saturated heterocycles. The van der Waals surface area contributed by atoms with Crippen molar-refractivity contribution in [3.63, 3.8) is 0 Å². The minimum Gasteiger partial charge on any atom is -0.389 e. The molecule has 0 aromatic rings. The van der Waals surface area contributed by atoms with E-state index in [-0.39, 0.29) is 0 Å². The number of rotatable bonds is 6. The summed E-state index contributed by atoms with van der Waals surface area (Å²) in [6.45, 7) is 9.11. The second-order valence-electron chi connectivity index (χ2n) is 4.24. The Labute approximate surface area is 82.9 Å². The van der Waals surface area contributed by atoms with E-state index >= 15 is 0 Å². The Morgan fingerprint density at radius 2 is 1.69 bits per heavy atom. The van der Waals surface area contributed by atoms with Gasteiger partial charge >= 0.3 is 0 Å². The Bertz CT molecular complexity index is 130. The van der Waals surface area contributed by atoms with Crippen molar-refractivity contribution in [2.45, 2.75) is 58.6 Å². The minimum absolute atomic E-state index is 0.530. The van der Waals surface area contributed by atoms with E-state index in [4.69, 9.17) is 0 Å². The third-order valence-electron chi connectivity index (χ3n) is 2.92. The molecular weight excluding hydrogens is 162 g/mol. The van der Waals surface area contributed by atoms with Gasteiger partial charge in [0, 0.05) is 12.6 Å². The first kappa shape index (κ1) is 12.9. The number of hydrogen-bond donors (Lipinski definition) is 1. The molecule has 0 amide bonds. The molecule has 0 aromatic heterocycles. The van der Waals surface area contributed by atoms with Gasteiger partial charge in [0.05, 0.1) is 5.60 Å². The molecular formula is C11H25NO. The first-order valence-corrected chi connectivity index (χ1v) is 5.39. The van der Waals surface area contributed by atoms with Gasteiger partial charge < -0.3 is 10.0 Å². The summed E-state index contributed by atoms with van der Waals surface area (Å²) in [6, 6.07) is 0.609. The van der Waals surface area contributed by atoms with Crippen molar-refractivity contribution in [2.75, 3.05) is 13.6 Å². The number of hydrogen-bond acceptors (Lipinski definition) is 2. The summed E-state index contributed by atoms with van der Waals surface area (Å²) in [4.78, 5) is 2.27. The van der Waals surface area contributed by atoms with Crippen LogP contribution >= 0.6 is 0 Å². The second kappa shape index (κ2) is 5.61. The van der Waals surface area contributed by atoms with E-state index in [1.807, 2.05) is 13.8 Å². The quantitative estimate of drug-likeness (QED) is 0.689. The molecule has 0 bridgehead atoms. The zero-order valence-electron chi connectivity index (χ0n) is 9.80. The van der Waals surface area contributed by atoms with Gasteiger partial charge in [0.15, 0.2) is 0 Å². The molecule has 0 spiro atoms. The highest BCUT2D eigenvalue weighted by atomic mass is 16.3. The van der Waals surface area contributed by atoms with E-state index in [2.05, 4.69) is 25.8 Å². The molecule has 0 aliphatic heterocycles. The molecule has 0 aliphatic rings. The molecule has 13 heavy (non-hydrogen) atoms. The summed E-state index contributed by atoms with van der Waals surface area (Å²) < 4.78 is 0. The highest BCUT2D eigenvalue weighted by Crippen LogP contribution is 2.14. The van der Waals surface area contributed by atoms with Crippen molar-refractivity contribution in [1.82, 2.24) is 4.90 Å². The van der Waals surface area contributed by atoms with E-state index < -0.39 is 5.60 Å². The number of likely N-dealkylation sites (N-methyl/N-ethyl adjacent to an activating group) is 1. The Balaban J connectivity index is 4.04. The average molecular weight is 187 g/mol. The maximum atomic E-state index is 9.89. The van der Waals surface area contributed by atoms with Gasteiger partial charge in [-0.3, -0.25) is 0 Å². The molecule has 2 heteroatoms. The predicted octanol–water partition coefficient (Wildman–Crippen LogP) is 2.27. The van der Waals surface area contributed by atoms with E-state index in [9.17, 15) is 5.11 Å². The zero-order chi connectivity index (χ0) is 10.5. The maximum Gasteiger partial charge on any atom is 0.0743 e. The van der Waals surface area contributed by atoms with E-state index in [1.165, 1.54) is 0 Å². The molecule has 80 valence electrons. The Morgan fingerprint density at radius 1 is 1.23 bits per heavy atom. The first-order chi connectivity index (χ1) is 5.96. The topological polar surface area (TPSA) is 23.5 Å². The van der Waals surface area contributed by atoms with Crippen LogP contribution in [0, 0.1) is 0 Å².